The summed E-state index contributed by atoms with van der Waals surface area (Å²) in [4.78, 5) is 0. The Hall–Kier alpha value is -7.52. The molecule has 13 rings (SSSR count). The molecule has 0 atom stereocenters. The van der Waals surface area contributed by atoms with Crippen LogP contribution >= 0.6 is 11.3 Å². The molecule has 0 unspecified atom stereocenters. The van der Waals surface area contributed by atoms with E-state index < -0.39 is 0 Å². The summed E-state index contributed by atoms with van der Waals surface area (Å²) in [6.45, 7) is 0. The van der Waals surface area contributed by atoms with Crippen molar-refractivity contribution in [3.05, 3.63) is 206 Å². The molecule has 2 heteroatoms. The van der Waals surface area contributed by atoms with E-state index in [9.17, 15) is 0 Å². The molecule has 0 aliphatic rings. The van der Waals surface area contributed by atoms with Gasteiger partial charge < -0.3 is 4.42 Å². The van der Waals surface area contributed by atoms with Crippen LogP contribution in [-0.2, 0) is 0 Å². The maximum atomic E-state index is 6.24. The van der Waals surface area contributed by atoms with Crippen molar-refractivity contribution in [1.29, 1.82) is 0 Å². The number of para-hydroxylation sites is 1. The van der Waals surface area contributed by atoms with Crippen molar-refractivity contribution in [1.82, 2.24) is 0 Å². The van der Waals surface area contributed by atoms with E-state index in [0.29, 0.717) is 0 Å². The third-order valence-electron chi connectivity index (χ3n) is 12.6. The Balaban J connectivity index is 0.999. The van der Waals surface area contributed by atoms with E-state index in [1.165, 1.54) is 108 Å². The molecular formula is C58H34OS. The highest BCUT2D eigenvalue weighted by Gasteiger charge is 2.20. The highest BCUT2D eigenvalue weighted by molar-refractivity contribution is 7.25. The first-order valence-corrected chi connectivity index (χ1v) is 21.4. The number of furan rings is 1. The van der Waals surface area contributed by atoms with E-state index in [1.807, 2.05) is 17.4 Å². The number of fused-ring (bicyclic) bond motifs is 10. The molecule has 0 spiro atoms. The van der Waals surface area contributed by atoms with Crippen LogP contribution in [0.5, 0.6) is 0 Å². The fourth-order valence-electron chi connectivity index (χ4n) is 10.1. The van der Waals surface area contributed by atoms with Gasteiger partial charge in [-0.15, -0.1) is 11.3 Å². The van der Waals surface area contributed by atoms with Gasteiger partial charge >= 0.3 is 0 Å². The summed E-state index contributed by atoms with van der Waals surface area (Å²) < 4.78 is 8.83. The first kappa shape index (κ1) is 33.5. The summed E-state index contributed by atoms with van der Waals surface area (Å²) in [5.74, 6) is 0. The van der Waals surface area contributed by atoms with Gasteiger partial charge in [-0.05, 0) is 124 Å². The highest BCUT2D eigenvalue weighted by atomic mass is 32.1. The maximum Gasteiger partial charge on any atom is 0.135 e. The Bertz CT molecular complexity index is 3770. The van der Waals surface area contributed by atoms with Gasteiger partial charge in [0.2, 0.25) is 0 Å². The fraction of sp³-hybridized carbons (Fsp3) is 0. The van der Waals surface area contributed by atoms with Crippen LogP contribution in [0.3, 0.4) is 0 Å². The Labute approximate surface area is 350 Å². The van der Waals surface area contributed by atoms with Gasteiger partial charge in [0.1, 0.15) is 11.2 Å². The Kier molecular flexibility index (Phi) is 7.24. The first-order valence-electron chi connectivity index (χ1n) is 20.6. The molecule has 1 nitrogen and oxygen atoms in total. The lowest BCUT2D eigenvalue weighted by atomic mass is 9.85. The minimum absolute atomic E-state index is 0.914. The van der Waals surface area contributed by atoms with Crippen LogP contribution in [0.2, 0.25) is 0 Å². The molecule has 2 aromatic heterocycles. The molecule has 0 saturated carbocycles. The van der Waals surface area contributed by atoms with Gasteiger partial charge in [-0.1, -0.05) is 170 Å². The standard InChI is InChI=1S/C58H34OS/c1-2-14-35(15-3-1)55-41-17-4-6-19-43(41)57(44-20-7-5-18-42(44)55)37-28-31-53-50(33-37)40-29-26-38(34-54(40)60-53)58-47-23-10-8-21-45(47)56(46-22-9-11-24-48(46)58)36-27-30-52-49(32-36)39-16-12-13-25-51(39)59-52/h1-34H. The van der Waals surface area contributed by atoms with Crippen molar-refractivity contribution in [2.45, 2.75) is 0 Å². The SMILES string of the molecule is c1ccc(-c2c3ccccc3c(-c3ccc4sc5cc(-c6c7ccccc7c(-c7ccc8oc9ccccc9c8c7)c7ccccc67)ccc5c4c3)c3ccccc23)cc1. The van der Waals surface area contributed by atoms with Crippen LogP contribution in [0.15, 0.2) is 211 Å². The summed E-state index contributed by atoms with van der Waals surface area (Å²) in [6.07, 6.45) is 0. The van der Waals surface area contributed by atoms with Crippen LogP contribution in [0, 0.1) is 0 Å². The van der Waals surface area contributed by atoms with Crippen LogP contribution in [-0.4, -0.2) is 0 Å². The molecule has 0 fully saturated rings. The van der Waals surface area contributed by atoms with Crippen LogP contribution in [0.25, 0.3) is 130 Å². The summed E-state index contributed by atoms with van der Waals surface area (Å²) >= 11 is 1.89. The summed E-state index contributed by atoms with van der Waals surface area (Å²) in [5, 5.41) is 15.0. The highest BCUT2D eigenvalue weighted by Crippen LogP contribution is 2.48. The molecule has 13 aromatic rings. The minimum Gasteiger partial charge on any atom is -0.456 e. The zero-order valence-electron chi connectivity index (χ0n) is 32.4. The van der Waals surface area contributed by atoms with E-state index in [2.05, 4.69) is 200 Å². The van der Waals surface area contributed by atoms with Crippen molar-refractivity contribution in [3.63, 3.8) is 0 Å². The third kappa shape index (κ3) is 4.92. The largest absolute Gasteiger partial charge is 0.456 e. The van der Waals surface area contributed by atoms with E-state index >= 15 is 0 Å². The lowest BCUT2D eigenvalue weighted by molar-refractivity contribution is 0.669. The first-order chi connectivity index (χ1) is 29.8. The molecular weight excluding hydrogens is 745 g/mol. The fourth-order valence-corrected chi connectivity index (χ4v) is 11.2. The van der Waals surface area contributed by atoms with Gasteiger partial charge in [0.05, 0.1) is 0 Å². The average molecular weight is 779 g/mol. The number of hydrogen-bond donors (Lipinski definition) is 0. The van der Waals surface area contributed by atoms with Crippen molar-refractivity contribution >= 4 is 96.5 Å². The van der Waals surface area contributed by atoms with E-state index in [-0.39, 0.29) is 0 Å². The van der Waals surface area contributed by atoms with Crippen molar-refractivity contribution in [2.75, 3.05) is 0 Å². The van der Waals surface area contributed by atoms with Crippen LogP contribution < -0.4 is 0 Å². The Morgan fingerprint density at radius 3 is 1.18 bits per heavy atom. The van der Waals surface area contributed by atoms with E-state index in [4.69, 9.17) is 4.42 Å². The molecule has 0 N–H and O–H groups in total. The van der Waals surface area contributed by atoms with Crippen LogP contribution in [0.1, 0.15) is 0 Å². The molecule has 0 bridgehead atoms. The number of benzene rings is 11. The quantitative estimate of drug-likeness (QED) is 0.162. The van der Waals surface area contributed by atoms with Gasteiger partial charge in [-0.3, -0.25) is 0 Å². The number of hydrogen-bond acceptors (Lipinski definition) is 2. The molecule has 0 saturated heterocycles. The second-order valence-corrected chi connectivity index (χ2v) is 17.0. The van der Waals surface area contributed by atoms with Crippen molar-refractivity contribution in [2.24, 2.45) is 0 Å². The van der Waals surface area contributed by atoms with Gasteiger partial charge in [-0.25, -0.2) is 0 Å². The van der Waals surface area contributed by atoms with Crippen LogP contribution in [0.4, 0.5) is 0 Å². The Morgan fingerprint density at radius 2 is 0.633 bits per heavy atom. The summed E-state index contributed by atoms with van der Waals surface area (Å²) in [7, 11) is 0. The lowest BCUT2D eigenvalue weighted by Gasteiger charge is -2.18. The smallest absolute Gasteiger partial charge is 0.135 e. The molecule has 0 aliphatic carbocycles. The topological polar surface area (TPSA) is 13.1 Å². The minimum atomic E-state index is 0.914. The average Bonchev–Trinajstić information content (AvgIpc) is 3.87. The maximum absolute atomic E-state index is 6.24. The summed E-state index contributed by atoms with van der Waals surface area (Å²) in [6, 6.07) is 75.8. The molecule has 0 amide bonds. The lowest BCUT2D eigenvalue weighted by Crippen LogP contribution is -1.91. The molecule has 60 heavy (non-hydrogen) atoms. The van der Waals surface area contributed by atoms with Gasteiger partial charge in [0, 0.05) is 30.9 Å². The second-order valence-electron chi connectivity index (χ2n) is 15.9. The monoisotopic (exact) mass is 778 g/mol. The third-order valence-corrected chi connectivity index (χ3v) is 13.8. The Morgan fingerprint density at radius 1 is 0.233 bits per heavy atom. The van der Waals surface area contributed by atoms with Gasteiger partial charge in [0.15, 0.2) is 0 Å². The predicted molar refractivity (Wildman–Crippen MR) is 258 cm³/mol. The van der Waals surface area contributed by atoms with Gasteiger partial charge in [0.25, 0.3) is 0 Å². The number of thiophene rings is 1. The molecule has 0 aliphatic heterocycles. The second kappa shape index (κ2) is 13.0. The van der Waals surface area contributed by atoms with E-state index in [1.54, 1.807) is 0 Å². The molecule has 0 radical (unpaired) electrons. The zero-order chi connectivity index (χ0) is 39.3. The van der Waals surface area contributed by atoms with Crippen molar-refractivity contribution in [3.8, 4) is 44.5 Å². The molecule has 278 valence electrons. The zero-order valence-corrected chi connectivity index (χ0v) is 33.3. The molecule has 11 aromatic carbocycles. The van der Waals surface area contributed by atoms with Crippen molar-refractivity contribution < 1.29 is 4.42 Å². The predicted octanol–water partition coefficient (Wildman–Crippen LogP) is 17.2. The number of rotatable bonds is 4. The van der Waals surface area contributed by atoms with Gasteiger partial charge in [-0.2, -0.15) is 0 Å². The van der Waals surface area contributed by atoms with E-state index in [0.717, 1.165) is 21.9 Å². The normalized spacial score (nSPS) is 12.0. The summed E-state index contributed by atoms with van der Waals surface area (Å²) in [5.41, 5.74) is 11.9. The molecule has 2 heterocycles.